The molecule has 7 nitrogen and oxygen atoms in total. The Hall–Kier alpha value is -3.35. The van der Waals surface area contributed by atoms with Gasteiger partial charge in [-0.3, -0.25) is 14.9 Å². The molecule has 0 aliphatic heterocycles. The van der Waals surface area contributed by atoms with Gasteiger partial charge in [0.25, 0.3) is 0 Å². The molecular weight excluding hydrogens is 314 g/mol. The van der Waals surface area contributed by atoms with Gasteiger partial charge in [-0.1, -0.05) is 12.1 Å². The fraction of sp³-hybridized carbons (Fsp3) is 0.118. The molecule has 24 heavy (non-hydrogen) atoms. The lowest BCUT2D eigenvalue weighted by atomic mass is 10.1. The van der Waals surface area contributed by atoms with Crippen LogP contribution in [0.1, 0.15) is 15.9 Å². The van der Waals surface area contributed by atoms with Gasteiger partial charge in [0, 0.05) is 5.56 Å². The van der Waals surface area contributed by atoms with Gasteiger partial charge in [-0.25, -0.2) is 0 Å². The molecule has 1 N–H and O–H groups in total. The van der Waals surface area contributed by atoms with Crippen LogP contribution in [0.3, 0.4) is 0 Å². The zero-order valence-electron chi connectivity index (χ0n) is 13.1. The molecular formula is C17H15NO6. The number of ether oxygens (including phenoxy) is 2. The van der Waals surface area contributed by atoms with Crippen LogP contribution < -0.4 is 9.47 Å². The molecule has 124 valence electrons. The number of methoxy groups -OCH3 is 2. The number of hydrogen-bond acceptors (Lipinski definition) is 6. The molecule has 0 atom stereocenters. The molecule has 0 amide bonds. The SMILES string of the molecule is COc1ccc(C=CC(=O)c2ccccc2O)c(OC)c1[N+](=O)[O-]. The molecule has 0 aliphatic rings. The highest BCUT2D eigenvalue weighted by atomic mass is 16.6. The summed E-state index contributed by atoms with van der Waals surface area (Å²) in [6, 6.07) is 9.07. The molecule has 0 spiro atoms. The number of ketones is 1. The molecule has 0 aromatic heterocycles. The number of allylic oxidation sites excluding steroid dienone is 1. The number of nitro groups is 1. The lowest BCUT2D eigenvalue weighted by molar-refractivity contribution is -0.386. The smallest absolute Gasteiger partial charge is 0.352 e. The molecule has 0 heterocycles. The van der Waals surface area contributed by atoms with Gasteiger partial charge >= 0.3 is 5.69 Å². The van der Waals surface area contributed by atoms with Crippen molar-refractivity contribution in [3.63, 3.8) is 0 Å². The zero-order valence-corrected chi connectivity index (χ0v) is 13.1. The first-order chi connectivity index (χ1) is 11.5. The first-order valence-corrected chi connectivity index (χ1v) is 6.89. The minimum Gasteiger partial charge on any atom is -0.507 e. The van der Waals surface area contributed by atoms with Crippen molar-refractivity contribution in [2.24, 2.45) is 0 Å². The van der Waals surface area contributed by atoms with E-state index in [1.165, 1.54) is 44.6 Å². The van der Waals surface area contributed by atoms with E-state index in [0.29, 0.717) is 5.56 Å². The van der Waals surface area contributed by atoms with Crippen molar-refractivity contribution in [1.29, 1.82) is 0 Å². The van der Waals surface area contributed by atoms with E-state index < -0.39 is 10.7 Å². The van der Waals surface area contributed by atoms with Crippen LogP contribution in [0.25, 0.3) is 6.08 Å². The Bertz CT molecular complexity index is 813. The Kier molecular flexibility index (Phi) is 5.16. The largest absolute Gasteiger partial charge is 0.507 e. The number of benzene rings is 2. The van der Waals surface area contributed by atoms with E-state index in [4.69, 9.17) is 9.47 Å². The maximum Gasteiger partial charge on any atom is 0.352 e. The number of phenols is 1. The average Bonchev–Trinajstić information content (AvgIpc) is 2.58. The number of nitro benzene ring substituents is 1. The van der Waals surface area contributed by atoms with Crippen LogP contribution in [-0.2, 0) is 0 Å². The van der Waals surface area contributed by atoms with Crippen molar-refractivity contribution in [2.45, 2.75) is 0 Å². The van der Waals surface area contributed by atoms with Crippen LogP contribution in [-0.4, -0.2) is 30.0 Å². The number of carbonyl (C=O) groups is 1. The predicted molar refractivity (Wildman–Crippen MR) is 87.7 cm³/mol. The van der Waals surface area contributed by atoms with Crippen LogP contribution in [0, 0.1) is 10.1 Å². The van der Waals surface area contributed by atoms with Crippen LogP contribution in [0.15, 0.2) is 42.5 Å². The summed E-state index contributed by atoms with van der Waals surface area (Å²) in [4.78, 5) is 22.8. The van der Waals surface area contributed by atoms with Crippen LogP contribution in [0.5, 0.6) is 17.2 Å². The van der Waals surface area contributed by atoms with Gasteiger partial charge in [0.15, 0.2) is 5.78 Å². The van der Waals surface area contributed by atoms with Gasteiger partial charge in [0.05, 0.1) is 24.7 Å². The molecule has 0 radical (unpaired) electrons. The van der Waals surface area contributed by atoms with E-state index in [0.717, 1.165) is 0 Å². The van der Waals surface area contributed by atoms with Crippen molar-refractivity contribution in [2.75, 3.05) is 14.2 Å². The minimum atomic E-state index is -0.611. The monoisotopic (exact) mass is 329 g/mol. The normalized spacial score (nSPS) is 10.6. The first kappa shape index (κ1) is 17.0. The summed E-state index contributed by atoms with van der Waals surface area (Å²) in [6.45, 7) is 0. The number of rotatable bonds is 6. The third-order valence-electron chi connectivity index (χ3n) is 3.32. The Labute approximate surface area is 137 Å². The topological polar surface area (TPSA) is 98.9 Å². The molecule has 2 rings (SSSR count). The van der Waals surface area contributed by atoms with Gasteiger partial charge in [-0.05, 0) is 36.4 Å². The van der Waals surface area contributed by atoms with E-state index in [-0.39, 0.29) is 28.5 Å². The fourth-order valence-electron chi connectivity index (χ4n) is 2.19. The summed E-state index contributed by atoms with van der Waals surface area (Å²) in [6.07, 6.45) is 2.60. The lowest BCUT2D eigenvalue weighted by Gasteiger charge is -2.09. The Morgan fingerprint density at radius 3 is 2.46 bits per heavy atom. The molecule has 2 aromatic carbocycles. The van der Waals surface area contributed by atoms with Gasteiger partial charge in [0.1, 0.15) is 5.75 Å². The van der Waals surface area contributed by atoms with Gasteiger partial charge < -0.3 is 14.6 Å². The highest BCUT2D eigenvalue weighted by Gasteiger charge is 2.24. The fourth-order valence-corrected chi connectivity index (χ4v) is 2.19. The molecule has 0 fully saturated rings. The molecule has 0 aliphatic carbocycles. The second-order valence-electron chi connectivity index (χ2n) is 4.71. The lowest BCUT2D eigenvalue weighted by Crippen LogP contribution is -2.00. The maximum absolute atomic E-state index is 12.1. The molecule has 0 bridgehead atoms. The Morgan fingerprint density at radius 1 is 1.17 bits per heavy atom. The summed E-state index contributed by atoms with van der Waals surface area (Å²) >= 11 is 0. The van der Waals surface area contributed by atoms with E-state index in [2.05, 4.69) is 0 Å². The molecule has 0 saturated carbocycles. The maximum atomic E-state index is 12.1. The van der Waals surface area contributed by atoms with Crippen molar-refractivity contribution < 1.29 is 24.3 Å². The van der Waals surface area contributed by atoms with E-state index in [9.17, 15) is 20.0 Å². The third kappa shape index (κ3) is 3.35. The summed E-state index contributed by atoms with van der Waals surface area (Å²) in [5.74, 6) is -0.532. The van der Waals surface area contributed by atoms with Crippen molar-refractivity contribution in [3.05, 3.63) is 63.7 Å². The minimum absolute atomic E-state index is 0.0133. The third-order valence-corrected chi connectivity index (χ3v) is 3.32. The quantitative estimate of drug-likeness (QED) is 0.378. The summed E-state index contributed by atoms with van der Waals surface area (Å²) < 4.78 is 10.1. The molecule has 0 unspecified atom stereocenters. The van der Waals surface area contributed by atoms with E-state index >= 15 is 0 Å². The second-order valence-corrected chi connectivity index (χ2v) is 4.71. The predicted octanol–water partition coefficient (Wildman–Crippen LogP) is 3.21. The highest BCUT2D eigenvalue weighted by molar-refractivity contribution is 6.08. The highest BCUT2D eigenvalue weighted by Crippen LogP contribution is 2.39. The van der Waals surface area contributed by atoms with Gasteiger partial charge in [-0.2, -0.15) is 0 Å². The van der Waals surface area contributed by atoms with Crippen LogP contribution >= 0.6 is 0 Å². The Morgan fingerprint density at radius 2 is 1.88 bits per heavy atom. The van der Waals surface area contributed by atoms with Crippen LogP contribution in [0.4, 0.5) is 5.69 Å². The summed E-state index contributed by atoms with van der Waals surface area (Å²) in [7, 11) is 2.61. The number of phenolic OH excluding ortho intramolecular Hbond substituents is 1. The Balaban J connectivity index is 2.43. The molecule has 0 saturated heterocycles. The number of hydrogen-bond donors (Lipinski definition) is 1. The number of nitrogens with zero attached hydrogens (tertiary/aromatic N) is 1. The standard InChI is InChI=1S/C17H15NO6/c1-23-15-10-8-11(17(24-2)16(15)18(21)22)7-9-14(20)12-5-3-4-6-13(12)19/h3-10,19H,1-2H3. The second kappa shape index (κ2) is 7.28. The number of carbonyl (C=O) groups excluding carboxylic acids is 1. The van der Waals surface area contributed by atoms with E-state index in [1.807, 2.05) is 0 Å². The summed E-state index contributed by atoms with van der Waals surface area (Å²) in [5, 5.41) is 20.9. The van der Waals surface area contributed by atoms with Crippen LogP contribution in [0.2, 0.25) is 0 Å². The summed E-state index contributed by atoms with van der Waals surface area (Å²) in [5.41, 5.74) is 0.154. The number of para-hydroxylation sites is 1. The first-order valence-electron chi connectivity index (χ1n) is 6.89. The average molecular weight is 329 g/mol. The van der Waals surface area contributed by atoms with E-state index in [1.54, 1.807) is 18.2 Å². The van der Waals surface area contributed by atoms with Gasteiger partial charge in [0.2, 0.25) is 11.5 Å². The van der Waals surface area contributed by atoms with Crippen molar-refractivity contribution >= 4 is 17.5 Å². The number of aromatic hydroxyl groups is 1. The zero-order chi connectivity index (χ0) is 17.7. The van der Waals surface area contributed by atoms with Crippen molar-refractivity contribution in [1.82, 2.24) is 0 Å². The molecule has 7 heteroatoms. The van der Waals surface area contributed by atoms with Crippen molar-refractivity contribution in [3.8, 4) is 17.2 Å². The molecule has 2 aromatic rings. The van der Waals surface area contributed by atoms with Gasteiger partial charge in [-0.15, -0.1) is 0 Å².